The molecule has 0 fully saturated rings. The summed E-state index contributed by atoms with van der Waals surface area (Å²) >= 11 is 0. The Morgan fingerprint density at radius 2 is 0.600 bits per heavy atom. The summed E-state index contributed by atoms with van der Waals surface area (Å²) in [5, 5.41) is 0. The fourth-order valence-corrected chi connectivity index (χ4v) is 0. The molecule has 4 radical (unpaired) electrons. The molecule has 0 aromatic rings. The summed E-state index contributed by atoms with van der Waals surface area (Å²) in [5.41, 5.74) is 0. The summed E-state index contributed by atoms with van der Waals surface area (Å²) in [5.74, 6) is 0. The van der Waals surface area contributed by atoms with Crippen molar-refractivity contribution in [1.29, 1.82) is 0 Å². The minimum atomic E-state index is 0. The molecule has 0 bridgehead atoms. The van der Waals surface area contributed by atoms with E-state index in [2.05, 4.69) is 0 Å². The van der Waals surface area contributed by atoms with E-state index in [1.54, 1.807) is 0 Å². The van der Waals surface area contributed by atoms with Gasteiger partial charge < -0.3 is 16.4 Å². The molecule has 0 atom stereocenters. The molecule has 0 amide bonds. The van der Waals surface area contributed by atoms with Crippen LogP contribution in [0.3, 0.4) is 0 Å². The van der Waals surface area contributed by atoms with Gasteiger partial charge in [-0.2, -0.15) is 0 Å². The van der Waals surface area contributed by atoms with Crippen molar-refractivity contribution in [2.75, 3.05) is 0 Å². The normalized spacial score (nSPS) is 0. The third-order valence-electron chi connectivity index (χ3n) is 0. The summed E-state index contributed by atoms with van der Waals surface area (Å²) in [4.78, 5) is 0. The Bertz CT molecular complexity index is 6.85. The van der Waals surface area contributed by atoms with Crippen LogP contribution in [0.15, 0.2) is 0 Å². The zero-order valence-corrected chi connectivity index (χ0v) is 8.05. The van der Waals surface area contributed by atoms with E-state index in [4.69, 9.17) is 0 Å². The van der Waals surface area contributed by atoms with Crippen LogP contribution in [-0.4, -0.2) is 36.2 Å². The number of hydrogen-bond acceptors (Lipinski definition) is 3. The molecule has 0 aromatic carbocycles. The van der Waals surface area contributed by atoms with Gasteiger partial charge in [-0.3, -0.25) is 0 Å². The van der Waals surface area contributed by atoms with Gasteiger partial charge >= 0.3 is 40.8 Å². The monoisotopic (exact) mass is 262 g/mol. The second-order valence-corrected chi connectivity index (χ2v) is 0. The Labute approximate surface area is 76.0 Å². The van der Waals surface area contributed by atoms with E-state index in [1.165, 1.54) is 0 Å². The van der Waals surface area contributed by atoms with Gasteiger partial charge in [0.25, 0.3) is 0 Å². The first-order chi connectivity index (χ1) is 0. The van der Waals surface area contributed by atoms with Crippen LogP contribution in [-0.2, 0) is 0 Å². The molecule has 0 saturated heterocycles. The minimum absolute atomic E-state index is 0. The van der Waals surface area contributed by atoms with Gasteiger partial charge in [-0.05, 0) is 0 Å². The summed E-state index contributed by atoms with van der Waals surface area (Å²) in [6.07, 6.45) is 0. The molecule has 0 aliphatic heterocycles. The van der Waals surface area contributed by atoms with Crippen LogP contribution in [0.4, 0.5) is 0 Å². The molecule has 28 valence electrons. The van der Waals surface area contributed by atoms with Crippen molar-refractivity contribution in [3.63, 3.8) is 0 Å². The van der Waals surface area contributed by atoms with Crippen LogP contribution in [0, 0.1) is 40.8 Å². The third kappa shape index (κ3) is 25.2. The van der Waals surface area contributed by atoms with E-state index < -0.39 is 0 Å². The predicted octanol–water partition coefficient (Wildman–Crippen LogP) is -0.911. The second-order valence-electron chi connectivity index (χ2n) is 0. The minimum Gasteiger partial charge on any atom is -0.870 e. The first kappa shape index (κ1) is 67.8. The van der Waals surface area contributed by atoms with E-state index in [1.807, 2.05) is 0 Å². The first-order valence-electron chi connectivity index (χ1n) is 0. The Balaban J connectivity index is 0. The van der Waals surface area contributed by atoms with Gasteiger partial charge in [0.05, 0.1) is 0 Å². The SMILES string of the molecule is [Ga].[Nd+3].[OH-].[OH-].[OH-]. The van der Waals surface area contributed by atoms with Crippen molar-refractivity contribution in [1.82, 2.24) is 0 Å². The molecule has 3 N–H and O–H groups in total. The molecule has 0 rings (SSSR count). The van der Waals surface area contributed by atoms with Gasteiger partial charge in [0.1, 0.15) is 0 Å². The van der Waals surface area contributed by atoms with Gasteiger partial charge in [0, 0.05) is 19.8 Å². The van der Waals surface area contributed by atoms with Gasteiger partial charge in [-0.25, -0.2) is 0 Å². The average Bonchev–Trinajstić information content (AvgIpc) is 0. The van der Waals surface area contributed by atoms with Crippen molar-refractivity contribution in [2.24, 2.45) is 0 Å². The molecule has 0 aliphatic rings. The molecular formula is H3GaNdO3. The molecule has 0 spiro atoms. The summed E-state index contributed by atoms with van der Waals surface area (Å²) in [7, 11) is 0. The molecule has 0 aliphatic carbocycles. The number of hydrogen-bond donors (Lipinski definition) is 0. The van der Waals surface area contributed by atoms with E-state index in [9.17, 15) is 0 Å². The molecule has 0 heterocycles. The Hall–Kier alpha value is 1.87. The topological polar surface area (TPSA) is 90.0 Å². The van der Waals surface area contributed by atoms with Crippen molar-refractivity contribution < 1.29 is 57.3 Å². The van der Waals surface area contributed by atoms with Crippen molar-refractivity contribution in [3.8, 4) is 0 Å². The predicted molar refractivity (Wildman–Crippen MR) is 11.6 cm³/mol. The molecule has 5 heteroatoms. The summed E-state index contributed by atoms with van der Waals surface area (Å²) < 4.78 is 0. The molecular weight excluding hydrogens is 262 g/mol. The second kappa shape index (κ2) is 39.9. The fourth-order valence-electron chi connectivity index (χ4n) is 0. The van der Waals surface area contributed by atoms with E-state index in [0.717, 1.165) is 0 Å². The van der Waals surface area contributed by atoms with Gasteiger partial charge in [-0.15, -0.1) is 0 Å². The molecule has 0 saturated carbocycles. The standard InChI is InChI=1S/Ga.Nd.3H2O/h;;3*1H2/q;+3;;;/p-3. The largest absolute Gasteiger partial charge is 3.00 e. The van der Waals surface area contributed by atoms with Gasteiger partial charge in [0.15, 0.2) is 0 Å². The van der Waals surface area contributed by atoms with Crippen LogP contribution in [0.1, 0.15) is 0 Å². The summed E-state index contributed by atoms with van der Waals surface area (Å²) in [6, 6.07) is 0. The van der Waals surface area contributed by atoms with Crippen molar-refractivity contribution >= 4 is 19.8 Å². The molecule has 0 unspecified atom stereocenters. The number of rotatable bonds is 0. The molecule has 5 heavy (non-hydrogen) atoms. The van der Waals surface area contributed by atoms with Crippen LogP contribution in [0.25, 0.3) is 0 Å². The van der Waals surface area contributed by atoms with Gasteiger partial charge in [0.2, 0.25) is 0 Å². The van der Waals surface area contributed by atoms with E-state index in [0.29, 0.717) is 0 Å². The van der Waals surface area contributed by atoms with E-state index >= 15 is 0 Å². The molecule has 3 nitrogen and oxygen atoms in total. The Morgan fingerprint density at radius 1 is 0.600 bits per heavy atom. The average molecular weight is 265 g/mol. The van der Waals surface area contributed by atoms with Crippen LogP contribution >= 0.6 is 0 Å². The third-order valence-corrected chi connectivity index (χ3v) is 0. The van der Waals surface area contributed by atoms with Crippen molar-refractivity contribution in [3.05, 3.63) is 0 Å². The zero-order chi connectivity index (χ0) is 0. The van der Waals surface area contributed by atoms with Crippen LogP contribution in [0.2, 0.25) is 0 Å². The maximum atomic E-state index is 0. The van der Waals surface area contributed by atoms with Crippen LogP contribution < -0.4 is 0 Å². The Morgan fingerprint density at radius 3 is 0.600 bits per heavy atom. The molecule has 0 aromatic heterocycles. The quantitative estimate of drug-likeness (QED) is 0.531. The zero-order valence-electron chi connectivity index (χ0n) is 2.42. The smallest absolute Gasteiger partial charge is 0.870 e. The fraction of sp³-hybridized carbons (Fsp3) is 0. The Kier molecular flexibility index (Phi) is 541. The first-order valence-corrected chi connectivity index (χ1v) is 0. The van der Waals surface area contributed by atoms with Gasteiger partial charge in [-0.1, -0.05) is 0 Å². The maximum absolute atomic E-state index is 0. The van der Waals surface area contributed by atoms with Crippen LogP contribution in [0.5, 0.6) is 0 Å². The summed E-state index contributed by atoms with van der Waals surface area (Å²) in [6.45, 7) is 0. The van der Waals surface area contributed by atoms with Crippen molar-refractivity contribution in [2.45, 2.75) is 0 Å². The maximum Gasteiger partial charge on any atom is 3.00 e. The van der Waals surface area contributed by atoms with E-state index in [-0.39, 0.29) is 77.1 Å².